The molecule has 0 aliphatic carbocycles. The molecule has 0 spiro atoms. The molecule has 4 nitrogen and oxygen atoms in total. The summed E-state index contributed by atoms with van der Waals surface area (Å²) >= 11 is 0. The first-order chi connectivity index (χ1) is 9.90. The van der Waals surface area contributed by atoms with Crippen molar-refractivity contribution in [2.75, 3.05) is 6.61 Å². The highest BCUT2D eigenvalue weighted by Gasteiger charge is 2.19. The summed E-state index contributed by atoms with van der Waals surface area (Å²) in [5.74, 6) is 0. The summed E-state index contributed by atoms with van der Waals surface area (Å²) in [5.41, 5.74) is 0.598. The summed E-state index contributed by atoms with van der Waals surface area (Å²) in [4.78, 5) is 11.8. The van der Waals surface area contributed by atoms with Crippen LogP contribution in [0.5, 0.6) is 0 Å². The van der Waals surface area contributed by atoms with Crippen molar-refractivity contribution >= 4 is 6.09 Å². The number of amides is 1. The molecule has 0 saturated heterocycles. The maximum absolute atomic E-state index is 11.8. The molecule has 0 aliphatic rings. The first-order valence-corrected chi connectivity index (χ1v) is 7.13. The van der Waals surface area contributed by atoms with Crippen LogP contribution in [0.2, 0.25) is 0 Å². The molecular weight excluding hydrogens is 266 g/mol. The van der Waals surface area contributed by atoms with Crippen molar-refractivity contribution in [3.05, 3.63) is 48.6 Å². The zero-order valence-corrected chi connectivity index (χ0v) is 13.1. The van der Waals surface area contributed by atoms with Gasteiger partial charge in [0.15, 0.2) is 0 Å². The molecule has 0 fully saturated rings. The van der Waals surface area contributed by atoms with Gasteiger partial charge in [0.1, 0.15) is 5.60 Å². The van der Waals surface area contributed by atoms with Crippen LogP contribution in [0.25, 0.3) is 0 Å². The van der Waals surface area contributed by atoms with Gasteiger partial charge >= 0.3 is 6.09 Å². The Balaban J connectivity index is 2.39. The highest BCUT2D eigenvalue weighted by molar-refractivity contribution is 5.68. The number of ether oxygens (including phenoxy) is 2. The van der Waals surface area contributed by atoms with E-state index in [9.17, 15) is 4.79 Å². The van der Waals surface area contributed by atoms with E-state index in [0.29, 0.717) is 19.6 Å². The Kier molecular flexibility index (Phi) is 6.96. The normalized spacial score (nSPS) is 12.5. The van der Waals surface area contributed by atoms with Crippen molar-refractivity contribution in [3.8, 4) is 0 Å². The van der Waals surface area contributed by atoms with E-state index in [2.05, 4.69) is 11.9 Å². The van der Waals surface area contributed by atoms with Gasteiger partial charge in [-0.05, 0) is 32.8 Å². The maximum atomic E-state index is 11.8. The van der Waals surface area contributed by atoms with Gasteiger partial charge in [-0.3, -0.25) is 0 Å². The van der Waals surface area contributed by atoms with Crippen LogP contribution in [0.4, 0.5) is 4.79 Å². The SMILES string of the molecule is C=CCC(COCc1ccccc1)NC(=O)OC(C)(C)C. The number of alkyl carbamates (subject to hydrolysis) is 1. The van der Waals surface area contributed by atoms with E-state index < -0.39 is 11.7 Å². The third-order valence-corrected chi connectivity index (χ3v) is 2.60. The maximum Gasteiger partial charge on any atom is 0.407 e. The molecule has 1 unspecified atom stereocenters. The van der Waals surface area contributed by atoms with E-state index in [1.54, 1.807) is 6.08 Å². The summed E-state index contributed by atoms with van der Waals surface area (Å²) in [6.45, 7) is 10.1. The second-order valence-corrected chi connectivity index (χ2v) is 5.87. The fourth-order valence-corrected chi connectivity index (χ4v) is 1.74. The molecule has 0 heterocycles. The Morgan fingerprint density at radius 2 is 2.00 bits per heavy atom. The predicted molar refractivity (Wildman–Crippen MR) is 84.1 cm³/mol. The standard InChI is InChI=1S/C17H25NO3/c1-5-9-15(18-16(19)21-17(2,3)4)13-20-12-14-10-7-6-8-11-14/h5-8,10-11,15H,1,9,12-13H2,2-4H3,(H,18,19). The van der Waals surface area contributed by atoms with Crippen LogP contribution in [0.3, 0.4) is 0 Å². The van der Waals surface area contributed by atoms with Gasteiger partial charge in [-0.2, -0.15) is 0 Å². The lowest BCUT2D eigenvalue weighted by Crippen LogP contribution is -2.41. The van der Waals surface area contributed by atoms with Crippen LogP contribution >= 0.6 is 0 Å². The van der Waals surface area contributed by atoms with Crippen molar-refractivity contribution in [1.82, 2.24) is 5.32 Å². The molecule has 1 aromatic carbocycles. The Labute approximate surface area is 127 Å². The van der Waals surface area contributed by atoms with Crippen molar-refractivity contribution in [2.24, 2.45) is 0 Å². The van der Waals surface area contributed by atoms with E-state index in [1.807, 2.05) is 51.1 Å². The van der Waals surface area contributed by atoms with Crippen LogP contribution in [-0.4, -0.2) is 24.3 Å². The third kappa shape index (κ3) is 8.15. The lowest BCUT2D eigenvalue weighted by molar-refractivity contribution is 0.0431. The smallest absolute Gasteiger partial charge is 0.407 e. The molecular formula is C17H25NO3. The fourth-order valence-electron chi connectivity index (χ4n) is 1.74. The molecule has 1 amide bonds. The number of nitrogens with one attached hydrogen (secondary N) is 1. The van der Waals surface area contributed by atoms with Gasteiger partial charge < -0.3 is 14.8 Å². The van der Waals surface area contributed by atoms with Gasteiger partial charge in [-0.25, -0.2) is 4.79 Å². The molecule has 0 aliphatic heterocycles. The Hall–Kier alpha value is -1.81. The van der Waals surface area contributed by atoms with E-state index in [0.717, 1.165) is 5.56 Å². The minimum Gasteiger partial charge on any atom is -0.444 e. The van der Waals surface area contributed by atoms with Crippen molar-refractivity contribution in [3.63, 3.8) is 0 Å². The summed E-state index contributed by atoms with van der Waals surface area (Å²) in [5, 5.41) is 2.80. The number of hydrogen-bond donors (Lipinski definition) is 1. The average Bonchev–Trinajstić information content (AvgIpc) is 2.38. The highest BCUT2D eigenvalue weighted by Crippen LogP contribution is 2.08. The topological polar surface area (TPSA) is 47.6 Å². The van der Waals surface area contributed by atoms with E-state index >= 15 is 0 Å². The molecule has 1 atom stereocenters. The second-order valence-electron chi connectivity index (χ2n) is 5.87. The van der Waals surface area contributed by atoms with E-state index in [1.165, 1.54) is 0 Å². The first kappa shape index (κ1) is 17.2. The first-order valence-electron chi connectivity index (χ1n) is 7.13. The number of benzene rings is 1. The Morgan fingerprint density at radius 1 is 1.33 bits per heavy atom. The molecule has 21 heavy (non-hydrogen) atoms. The molecule has 1 rings (SSSR count). The van der Waals surface area contributed by atoms with Gasteiger partial charge in [-0.1, -0.05) is 36.4 Å². The Morgan fingerprint density at radius 3 is 2.57 bits per heavy atom. The highest BCUT2D eigenvalue weighted by atomic mass is 16.6. The van der Waals surface area contributed by atoms with Crippen molar-refractivity contribution < 1.29 is 14.3 Å². The number of hydrogen-bond acceptors (Lipinski definition) is 3. The van der Waals surface area contributed by atoms with Crippen molar-refractivity contribution in [1.29, 1.82) is 0 Å². The van der Waals surface area contributed by atoms with E-state index in [4.69, 9.17) is 9.47 Å². The zero-order chi connectivity index (χ0) is 15.7. The van der Waals surface area contributed by atoms with Gasteiger partial charge in [0, 0.05) is 0 Å². The third-order valence-electron chi connectivity index (χ3n) is 2.60. The van der Waals surface area contributed by atoms with Gasteiger partial charge in [0.05, 0.1) is 19.3 Å². The fraction of sp³-hybridized carbons (Fsp3) is 0.471. The van der Waals surface area contributed by atoms with Crippen LogP contribution < -0.4 is 5.32 Å². The summed E-state index contributed by atoms with van der Waals surface area (Å²) in [6.07, 6.45) is 1.96. The average molecular weight is 291 g/mol. The van der Waals surface area contributed by atoms with Gasteiger partial charge in [0.25, 0.3) is 0 Å². The second kappa shape index (κ2) is 8.47. The molecule has 0 aromatic heterocycles. The summed E-state index contributed by atoms with van der Waals surface area (Å²) in [6, 6.07) is 9.78. The van der Waals surface area contributed by atoms with Crippen molar-refractivity contribution in [2.45, 2.75) is 45.4 Å². The number of carbonyl (C=O) groups is 1. The molecule has 0 radical (unpaired) electrons. The molecule has 1 aromatic rings. The van der Waals surface area contributed by atoms with Crippen LogP contribution in [0, 0.1) is 0 Å². The molecule has 0 saturated carbocycles. The zero-order valence-electron chi connectivity index (χ0n) is 13.1. The predicted octanol–water partition coefficient (Wildman–Crippen LogP) is 3.67. The minimum atomic E-state index is -0.506. The monoisotopic (exact) mass is 291 g/mol. The molecule has 116 valence electrons. The lowest BCUT2D eigenvalue weighted by atomic mass is 10.2. The summed E-state index contributed by atoms with van der Waals surface area (Å²) < 4.78 is 10.9. The number of carbonyl (C=O) groups excluding carboxylic acids is 1. The quantitative estimate of drug-likeness (QED) is 0.780. The summed E-state index contributed by atoms with van der Waals surface area (Å²) in [7, 11) is 0. The van der Waals surface area contributed by atoms with Crippen LogP contribution in [0.15, 0.2) is 43.0 Å². The lowest BCUT2D eigenvalue weighted by Gasteiger charge is -2.23. The number of rotatable bonds is 7. The molecule has 0 bridgehead atoms. The van der Waals surface area contributed by atoms with Gasteiger partial charge in [0.2, 0.25) is 0 Å². The van der Waals surface area contributed by atoms with Crippen LogP contribution in [-0.2, 0) is 16.1 Å². The van der Waals surface area contributed by atoms with Gasteiger partial charge in [-0.15, -0.1) is 6.58 Å². The Bertz CT molecular complexity index is 437. The van der Waals surface area contributed by atoms with E-state index in [-0.39, 0.29) is 6.04 Å². The minimum absolute atomic E-state index is 0.138. The van der Waals surface area contributed by atoms with Crippen LogP contribution in [0.1, 0.15) is 32.8 Å². The largest absolute Gasteiger partial charge is 0.444 e. The molecule has 1 N–H and O–H groups in total. The molecule has 4 heteroatoms.